The second-order valence-corrected chi connectivity index (χ2v) is 8.73. The highest BCUT2D eigenvalue weighted by Crippen LogP contribution is 2.23. The molecule has 0 saturated carbocycles. The molecule has 1 aromatic heterocycles. The van der Waals surface area contributed by atoms with Gasteiger partial charge in [-0.3, -0.25) is 9.59 Å². The highest BCUT2D eigenvalue weighted by atomic mass is 32.2. The van der Waals surface area contributed by atoms with Crippen LogP contribution in [0, 0.1) is 12.8 Å². The molecule has 10 heteroatoms. The molecule has 1 heterocycles. The molecule has 152 valence electrons. The third kappa shape index (κ3) is 8.25. The SMILES string of the molecule is Cc1oc(=O)oc1COC(=O)SC[C@H](CC(=O)C(C)(C)S)C(=O)OC(C)C. The van der Waals surface area contributed by atoms with Gasteiger partial charge >= 0.3 is 17.1 Å². The number of rotatable bonds is 9. The van der Waals surface area contributed by atoms with Crippen molar-refractivity contribution < 1.29 is 32.7 Å². The third-order valence-electron chi connectivity index (χ3n) is 3.36. The van der Waals surface area contributed by atoms with Gasteiger partial charge in [-0.2, -0.15) is 12.6 Å². The number of carbonyl (C=O) groups excluding carboxylic acids is 3. The monoisotopic (exact) mass is 420 g/mol. The van der Waals surface area contributed by atoms with Crippen LogP contribution in [-0.4, -0.2) is 33.7 Å². The molecule has 8 nitrogen and oxygen atoms in total. The number of thioether (sulfide) groups is 1. The van der Waals surface area contributed by atoms with Crippen LogP contribution < -0.4 is 5.82 Å². The molecule has 1 atom stereocenters. The van der Waals surface area contributed by atoms with Crippen LogP contribution in [0.5, 0.6) is 0 Å². The number of Topliss-reactive ketones (excluding diaryl/α,β-unsaturated/α-hetero) is 1. The first kappa shape index (κ1) is 23.4. The quantitative estimate of drug-likeness (QED) is 0.475. The lowest BCUT2D eigenvalue weighted by Crippen LogP contribution is -2.32. The maximum absolute atomic E-state index is 12.2. The number of hydrogen-bond donors (Lipinski definition) is 1. The molecule has 0 aromatic carbocycles. The van der Waals surface area contributed by atoms with E-state index in [0.717, 1.165) is 11.8 Å². The van der Waals surface area contributed by atoms with Crippen molar-refractivity contribution in [2.75, 3.05) is 5.75 Å². The summed E-state index contributed by atoms with van der Waals surface area (Å²) in [5.74, 6) is -2.15. The van der Waals surface area contributed by atoms with Crippen LogP contribution in [-0.2, 0) is 25.7 Å². The van der Waals surface area contributed by atoms with Gasteiger partial charge in [-0.1, -0.05) is 0 Å². The molecule has 0 fully saturated rings. The van der Waals surface area contributed by atoms with Crippen LogP contribution in [0.2, 0.25) is 0 Å². The number of esters is 1. The summed E-state index contributed by atoms with van der Waals surface area (Å²) in [5, 5.41) is -0.682. The van der Waals surface area contributed by atoms with E-state index in [9.17, 15) is 19.2 Å². The summed E-state index contributed by atoms with van der Waals surface area (Å²) < 4.78 is 18.6. The number of ether oxygens (including phenoxy) is 2. The molecule has 0 N–H and O–H groups in total. The van der Waals surface area contributed by atoms with Gasteiger partial charge in [-0.15, -0.1) is 0 Å². The summed E-state index contributed by atoms with van der Waals surface area (Å²) in [7, 11) is 0. The predicted octanol–water partition coefficient (Wildman–Crippen LogP) is 3.15. The van der Waals surface area contributed by atoms with Crippen LogP contribution in [0.3, 0.4) is 0 Å². The number of ketones is 1. The zero-order valence-corrected chi connectivity index (χ0v) is 17.6. The molecule has 0 aliphatic rings. The lowest BCUT2D eigenvalue weighted by Gasteiger charge is -2.21. The zero-order chi connectivity index (χ0) is 20.8. The fourth-order valence-corrected chi connectivity index (χ4v) is 2.68. The highest BCUT2D eigenvalue weighted by molar-refractivity contribution is 8.13. The maximum Gasteiger partial charge on any atom is 0.519 e. The van der Waals surface area contributed by atoms with Gasteiger partial charge in [0.05, 0.1) is 16.8 Å². The first-order valence-electron chi connectivity index (χ1n) is 8.25. The highest BCUT2D eigenvalue weighted by Gasteiger charge is 2.31. The van der Waals surface area contributed by atoms with E-state index in [4.69, 9.17) is 13.9 Å². The number of hydrogen-bond acceptors (Lipinski definition) is 10. The summed E-state index contributed by atoms with van der Waals surface area (Å²) >= 11 is 4.95. The van der Waals surface area contributed by atoms with Gasteiger partial charge in [0.15, 0.2) is 18.1 Å². The Morgan fingerprint density at radius 1 is 1.22 bits per heavy atom. The molecule has 0 radical (unpaired) electrons. The Hall–Kier alpha value is -1.68. The fraction of sp³-hybridized carbons (Fsp3) is 0.647. The van der Waals surface area contributed by atoms with E-state index < -0.39 is 27.8 Å². The zero-order valence-electron chi connectivity index (χ0n) is 15.9. The average Bonchev–Trinajstić information content (AvgIpc) is 2.84. The van der Waals surface area contributed by atoms with Gasteiger partial charge < -0.3 is 18.3 Å². The van der Waals surface area contributed by atoms with Crippen molar-refractivity contribution in [1.29, 1.82) is 0 Å². The van der Waals surface area contributed by atoms with Crippen LogP contribution in [0.1, 0.15) is 45.6 Å². The maximum atomic E-state index is 12.2. The van der Waals surface area contributed by atoms with Gasteiger partial charge in [0, 0.05) is 12.2 Å². The molecule has 1 rings (SSSR count). The second-order valence-electron chi connectivity index (χ2n) is 6.65. The summed E-state index contributed by atoms with van der Waals surface area (Å²) in [4.78, 5) is 47.3. The second kappa shape index (κ2) is 10.0. The van der Waals surface area contributed by atoms with Crippen molar-refractivity contribution in [1.82, 2.24) is 0 Å². The van der Waals surface area contributed by atoms with Gasteiger partial charge in [0.25, 0.3) is 0 Å². The minimum Gasteiger partial charge on any atom is -0.463 e. The normalized spacial score (nSPS) is 12.7. The number of aryl methyl sites for hydroxylation is 1. The Bertz CT molecular complexity index is 726. The summed E-state index contributed by atoms with van der Waals surface area (Å²) in [6, 6.07) is 0. The molecular weight excluding hydrogens is 396 g/mol. The Morgan fingerprint density at radius 3 is 2.33 bits per heavy atom. The molecule has 0 unspecified atom stereocenters. The van der Waals surface area contributed by atoms with Crippen LogP contribution in [0.15, 0.2) is 13.6 Å². The smallest absolute Gasteiger partial charge is 0.463 e. The van der Waals surface area contributed by atoms with Crippen molar-refractivity contribution >= 4 is 41.4 Å². The third-order valence-corrected chi connectivity index (χ3v) is 4.53. The largest absolute Gasteiger partial charge is 0.519 e. The lowest BCUT2D eigenvalue weighted by molar-refractivity contribution is -0.153. The number of thiol groups is 1. The van der Waals surface area contributed by atoms with Crippen LogP contribution >= 0.6 is 24.4 Å². The van der Waals surface area contributed by atoms with E-state index in [-0.39, 0.29) is 42.2 Å². The Balaban J connectivity index is 2.64. The van der Waals surface area contributed by atoms with Crippen molar-refractivity contribution in [3.63, 3.8) is 0 Å². The Kier molecular flexibility index (Phi) is 8.67. The molecule has 1 aromatic rings. The van der Waals surface area contributed by atoms with E-state index in [1.807, 2.05) is 0 Å². The summed E-state index contributed by atoms with van der Waals surface area (Å²) in [6.07, 6.45) is -0.444. The first-order chi connectivity index (χ1) is 12.4. The molecule has 0 saturated heterocycles. The minimum absolute atomic E-state index is 0.00824. The van der Waals surface area contributed by atoms with E-state index in [1.165, 1.54) is 6.92 Å². The topological polar surface area (TPSA) is 113 Å². The van der Waals surface area contributed by atoms with Gasteiger partial charge in [-0.25, -0.2) is 9.59 Å². The van der Waals surface area contributed by atoms with E-state index in [2.05, 4.69) is 17.0 Å². The molecule has 27 heavy (non-hydrogen) atoms. The van der Waals surface area contributed by atoms with Gasteiger partial charge in [0.1, 0.15) is 5.78 Å². The Morgan fingerprint density at radius 2 is 1.85 bits per heavy atom. The average molecular weight is 421 g/mol. The summed E-state index contributed by atoms with van der Waals surface area (Å²) in [5.41, 5.74) is 0. The molecule has 0 aliphatic heterocycles. The van der Waals surface area contributed by atoms with Crippen LogP contribution in [0.25, 0.3) is 0 Å². The summed E-state index contributed by atoms with van der Waals surface area (Å²) in [6.45, 7) is 7.89. The van der Waals surface area contributed by atoms with Crippen molar-refractivity contribution in [2.24, 2.45) is 5.92 Å². The van der Waals surface area contributed by atoms with E-state index >= 15 is 0 Å². The van der Waals surface area contributed by atoms with E-state index in [1.54, 1.807) is 27.7 Å². The van der Waals surface area contributed by atoms with Crippen molar-refractivity contribution in [3.8, 4) is 0 Å². The number of carbonyl (C=O) groups is 3. The standard InChI is InChI=1S/C17H24O8S2/c1-9(2)23-14(19)11(6-13(18)17(4,5)26)8-27-16(21)22-7-12-10(3)24-15(20)25-12/h9,11,26H,6-8H2,1-5H3/t11-/m0/s1. The predicted molar refractivity (Wildman–Crippen MR) is 102 cm³/mol. The fourth-order valence-electron chi connectivity index (χ4n) is 1.85. The van der Waals surface area contributed by atoms with Crippen molar-refractivity contribution in [2.45, 2.75) is 58.5 Å². The first-order valence-corrected chi connectivity index (χ1v) is 9.68. The van der Waals surface area contributed by atoms with Gasteiger partial charge in [-0.05, 0) is 46.4 Å². The molecule has 0 amide bonds. The Labute approximate surface area is 166 Å². The molecule has 0 bridgehead atoms. The molecule has 0 aliphatic carbocycles. The molecule has 0 spiro atoms. The van der Waals surface area contributed by atoms with Crippen molar-refractivity contribution in [3.05, 3.63) is 22.1 Å². The van der Waals surface area contributed by atoms with Gasteiger partial charge in [0.2, 0.25) is 0 Å². The lowest BCUT2D eigenvalue weighted by atomic mass is 9.97. The van der Waals surface area contributed by atoms with E-state index in [0.29, 0.717) is 0 Å². The molecular formula is C17H24O8S2. The van der Waals surface area contributed by atoms with Crippen LogP contribution in [0.4, 0.5) is 4.79 Å². The minimum atomic E-state index is -0.905.